The molecule has 2 aromatic rings. The minimum absolute atomic E-state index is 0.112. The van der Waals surface area contributed by atoms with Crippen LogP contribution in [0.15, 0.2) is 30.3 Å². The molecular formula is C27H31ClN2O3. The van der Waals surface area contributed by atoms with E-state index in [1.165, 1.54) is 25.3 Å². The van der Waals surface area contributed by atoms with Gasteiger partial charge >= 0.3 is 5.97 Å². The number of esters is 1. The van der Waals surface area contributed by atoms with Gasteiger partial charge in [0, 0.05) is 27.8 Å². The van der Waals surface area contributed by atoms with E-state index in [-0.39, 0.29) is 17.8 Å². The number of Topliss-reactive ketones (excluding diaryl/α,β-unsaturated/α-hetero) is 1. The number of hydrogen-bond acceptors (Lipinski definition) is 4. The summed E-state index contributed by atoms with van der Waals surface area (Å²) in [5, 5.41) is 5.31. The molecule has 0 amide bonds. The molecule has 4 bridgehead atoms. The van der Waals surface area contributed by atoms with Gasteiger partial charge in [-0.2, -0.15) is 5.10 Å². The Morgan fingerprint density at radius 3 is 2.39 bits per heavy atom. The van der Waals surface area contributed by atoms with Crippen LogP contribution in [0.4, 0.5) is 0 Å². The molecule has 4 saturated carbocycles. The summed E-state index contributed by atoms with van der Waals surface area (Å²) < 4.78 is 7.28. The average molecular weight is 467 g/mol. The molecule has 5 nitrogen and oxygen atoms in total. The number of carbonyl (C=O) groups is 2. The Hall–Kier alpha value is -2.40. The average Bonchev–Trinajstić information content (AvgIpc) is 3.03. The van der Waals surface area contributed by atoms with Crippen molar-refractivity contribution in [2.75, 3.05) is 6.61 Å². The minimum atomic E-state index is -0.481. The molecule has 0 unspecified atom stereocenters. The normalized spacial score (nSPS) is 27.9. The summed E-state index contributed by atoms with van der Waals surface area (Å²) >= 11 is 6.29. The van der Waals surface area contributed by atoms with Gasteiger partial charge in [-0.1, -0.05) is 29.8 Å². The van der Waals surface area contributed by atoms with Gasteiger partial charge in [0.2, 0.25) is 0 Å². The van der Waals surface area contributed by atoms with E-state index in [9.17, 15) is 9.59 Å². The van der Waals surface area contributed by atoms with Crippen LogP contribution in [0.3, 0.4) is 0 Å². The summed E-state index contributed by atoms with van der Waals surface area (Å²) in [7, 11) is 0. The highest BCUT2D eigenvalue weighted by Gasteiger charge is 2.54. The molecule has 33 heavy (non-hydrogen) atoms. The van der Waals surface area contributed by atoms with E-state index >= 15 is 0 Å². The van der Waals surface area contributed by atoms with Crippen LogP contribution in [0.25, 0.3) is 6.08 Å². The third-order valence-electron chi connectivity index (χ3n) is 8.08. The molecule has 6 rings (SSSR count). The van der Waals surface area contributed by atoms with Gasteiger partial charge in [-0.15, -0.1) is 0 Å². The second-order valence-electron chi connectivity index (χ2n) is 10.4. The quantitative estimate of drug-likeness (QED) is 0.397. The zero-order chi connectivity index (χ0) is 23.2. The number of rotatable bonds is 7. The maximum absolute atomic E-state index is 13.1. The highest BCUT2D eigenvalue weighted by Crippen LogP contribution is 2.60. The van der Waals surface area contributed by atoms with Crippen molar-refractivity contribution < 1.29 is 14.3 Å². The topological polar surface area (TPSA) is 61.2 Å². The lowest BCUT2D eigenvalue weighted by molar-refractivity contribution is -0.155. The molecule has 0 spiro atoms. The van der Waals surface area contributed by atoms with Crippen LogP contribution in [-0.4, -0.2) is 28.1 Å². The lowest BCUT2D eigenvalue weighted by Crippen LogP contribution is -2.51. The van der Waals surface area contributed by atoms with E-state index in [0.29, 0.717) is 29.3 Å². The Morgan fingerprint density at radius 2 is 1.76 bits per heavy atom. The molecule has 4 aliphatic rings. The second kappa shape index (κ2) is 8.75. The largest absolute Gasteiger partial charge is 0.455 e. The molecule has 174 valence electrons. The molecule has 0 N–H and O–H groups in total. The number of aromatic nitrogens is 2. The van der Waals surface area contributed by atoms with Crippen LogP contribution in [0.5, 0.6) is 0 Å². The molecule has 4 fully saturated rings. The fraction of sp³-hybridized carbons (Fsp3) is 0.519. The Kier molecular flexibility index (Phi) is 5.94. The van der Waals surface area contributed by atoms with E-state index in [0.717, 1.165) is 41.8 Å². The summed E-state index contributed by atoms with van der Waals surface area (Å²) in [6.45, 7) is 4.33. The van der Waals surface area contributed by atoms with Gasteiger partial charge in [0.25, 0.3) is 0 Å². The van der Waals surface area contributed by atoms with Crippen molar-refractivity contribution in [3.05, 3.63) is 57.9 Å². The van der Waals surface area contributed by atoms with Crippen molar-refractivity contribution in [2.45, 2.75) is 58.9 Å². The van der Waals surface area contributed by atoms with E-state index in [1.807, 2.05) is 42.8 Å². The summed E-state index contributed by atoms with van der Waals surface area (Å²) in [5.74, 6) is 1.74. The monoisotopic (exact) mass is 466 g/mol. The fourth-order valence-corrected chi connectivity index (χ4v) is 7.03. The van der Waals surface area contributed by atoms with Crippen molar-refractivity contribution in [3.63, 3.8) is 0 Å². The van der Waals surface area contributed by atoms with Crippen molar-refractivity contribution in [3.8, 4) is 0 Å². The third-order valence-corrected chi connectivity index (χ3v) is 8.45. The zero-order valence-electron chi connectivity index (χ0n) is 19.4. The summed E-state index contributed by atoms with van der Waals surface area (Å²) in [5.41, 5.74) is 3.41. The molecule has 0 atom stereocenters. The number of halogens is 1. The van der Waals surface area contributed by atoms with Crippen molar-refractivity contribution >= 4 is 29.4 Å². The molecule has 0 radical (unpaired) electrons. The predicted molar refractivity (Wildman–Crippen MR) is 128 cm³/mol. The van der Waals surface area contributed by atoms with Gasteiger partial charge in [-0.05, 0) is 87.8 Å². The Labute approximate surface area is 200 Å². The number of carbonyl (C=O) groups excluding carboxylic acids is 2. The van der Waals surface area contributed by atoms with Gasteiger partial charge < -0.3 is 4.74 Å². The first-order valence-corrected chi connectivity index (χ1v) is 12.4. The predicted octanol–water partition coefficient (Wildman–Crippen LogP) is 5.54. The molecule has 1 heterocycles. The molecule has 6 heteroatoms. The third kappa shape index (κ3) is 4.40. The highest BCUT2D eigenvalue weighted by molar-refractivity contribution is 6.31. The van der Waals surface area contributed by atoms with Gasteiger partial charge in [0.05, 0.1) is 12.2 Å². The van der Waals surface area contributed by atoms with E-state index in [4.69, 9.17) is 16.3 Å². The van der Waals surface area contributed by atoms with Crippen molar-refractivity contribution in [1.82, 2.24) is 9.78 Å². The maximum atomic E-state index is 13.1. The number of ether oxygens (including phenoxy) is 1. The van der Waals surface area contributed by atoms with E-state index < -0.39 is 5.97 Å². The van der Waals surface area contributed by atoms with Crippen molar-refractivity contribution in [2.24, 2.45) is 23.2 Å². The molecule has 1 aromatic heterocycles. The second-order valence-corrected chi connectivity index (χ2v) is 10.8. The number of nitrogens with zero attached hydrogens (tertiary/aromatic N) is 2. The molecule has 0 saturated heterocycles. The van der Waals surface area contributed by atoms with Gasteiger partial charge in [0.15, 0.2) is 12.4 Å². The summed E-state index contributed by atoms with van der Waals surface area (Å²) in [6, 6.07) is 7.70. The summed E-state index contributed by atoms with van der Waals surface area (Å²) in [4.78, 5) is 25.5. The Balaban J connectivity index is 1.20. The van der Waals surface area contributed by atoms with Crippen LogP contribution in [0, 0.1) is 37.0 Å². The van der Waals surface area contributed by atoms with Crippen LogP contribution in [-0.2, 0) is 20.9 Å². The van der Waals surface area contributed by atoms with Gasteiger partial charge in [-0.25, -0.2) is 4.79 Å². The van der Waals surface area contributed by atoms with Crippen LogP contribution < -0.4 is 0 Å². The lowest BCUT2D eigenvalue weighted by Gasteiger charge is -2.55. The fourth-order valence-electron chi connectivity index (χ4n) is 6.84. The smallest absolute Gasteiger partial charge is 0.331 e. The molecule has 1 aromatic carbocycles. The van der Waals surface area contributed by atoms with E-state index in [1.54, 1.807) is 6.08 Å². The minimum Gasteiger partial charge on any atom is -0.455 e. The van der Waals surface area contributed by atoms with Crippen LogP contribution in [0.2, 0.25) is 5.02 Å². The Bertz CT molecular complexity index is 1080. The van der Waals surface area contributed by atoms with Crippen LogP contribution >= 0.6 is 11.6 Å². The maximum Gasteiger partial charge on any atom is 0.331 e. The standard InChI is InChI=1S/C27H31ClN2O3/c1-17-23(18(2)30(29-17)15-22-5-3-4-6-24(22)28)7-8-26(32)33-16-25(31)27-12-19-9-20(13-27)11-21(10-19)14-27/h3-8,19-21H,9-16H2,1-2H3. The first kappa shape index (κ1) is 22.4. The molecule has 0 aliphatic heterocycles. The number of benzene rings is 1. The van der Waals surface area contributed by atoms with E-state index in [2.05, 4.69) is 5.10 Å². The molecular weight excluding hydrogens is 436 g/mol. The van der Waals surface area contributed by atoms with Crippen LogP contribution in [0.1, 0.15) is 61.0 Å². The summed E-state index contributed by atoms with van der Waals surface area (Å²) in [6.07, 6.45) is 9.99. The Morgan fingerprint density at radius 1 is 1.12 bits per heavy atom. The first-order chi connectivity index (χ1) is 15.8. The highest BCUT2D eigenvalue weighted by atomic mass is 35.5. The first-order valence-electron chi connectivity index (χ1n) is 12.0. The van der Waals surface area contributed by atoms with Gasteiger partial charge in [-0.3, -0.25) is 9.48 Å². The van der Waals surface area contributed by atoms with Crippen molar-refractivity contribution in [1.29, 1.82) is 0 Å². The number of hydrogen-bond donors (Lipinski definition) is 0. The lowest BCUT2D eigenvalue weighted by atomic mass is 9.48. The SMILES string of the molecule is Cc1nn(Cc2ccccc2Cl)c(C)c1C=CC(=O)OCC(=O)C12CC3CC(CC(C3)C1)C2. The number of aryl methyl sites for hydroxylation is 1. The number of ketones is 1. The zero-order valence-corrected chi connectivity index (χ0v) is 20.1. The van der Waals surface area contributed by atoms with Gasteiger partial charge in [0.1, 0.15) is 0 Å². The molecule has 4 aliphatic carbocycles.